The summed E-state index contributed by atoms with van der Waals surface area (Å²) in [6.45, 7) is 4.03. The molecule has 0 aliphatic carbocycles. The molecule has 5 heteroatoms. The quantitative estimate of drug-likeness (QED) is 0.822. The molecule has 2 aromatic carbocycles. The summed E-state index contributed by atoms with van der Waals surface area (Å²) in [5.41, 5.74) is 1.12. The molecule has 0 amide bonds. The number of anilines is 1. The number of benzene rings is 1. The summed E-state index contributed by atoms with van der Waals surface area (Å²) < 4.78 is 0. The normalized spacial score (nSPS) is 18.5. The Labute approximate surface area is 126 Å². The summed E-state index contributed by atoms with van der Waals surface area (Å²) in [4.78, 5) is 24.6. The highest BCUT2D eigenvalue weighted by molar-refractivity contribution is 6.30. The van der Waals surface area contributed by atoms with E-state index in [0.29, 0.717) is 5.02 Å². The predicted molar refractivity (Wildman–Crippen MR) is 83.9 cm³/mol. The van der Waals surface area contributed by atoms with Crippen LogP contribution >= 0.6 is 11.6 Å². The second-order valence-electron chi connectivity index (χ2n) is 5.80. The molecule has 2 aromatic rings. The minimum absolute atomic E-state index is 0.0776. The summed E-state index contributed by atoms with van der Waals surface area (Å²) in [5.74, 6) is -0.453. The number of fused-ring (bicyclic) bond motifs is 1. The first-order valence-electron chi connectivity index (χ1n) is 6.53. The van der Waals surface area contributed by atoms with E-state index in [0.717, 1.165) is 16.9 Å². The van der Waals surface area contributed by atoms with E-state index < -0.39 is 16.6 Å². The van der Waals surface area contributed by atoms with Crippen LogP contribution < -0.4 is 15.8 Å². The molecule has 0 radical (unpaired) electrons. The summed E-state index contributed by atoms with van der Waals surface area (Å²) in [7, 11) is 1.88. The lowest BCUT2D eigenvalue weighted by atomic mass is 9.83. The van der Waals surface area contributed by atoms with Gasteiger partial charge in [-0.25, -0.2) is 0 Å². The van der Waals surface area contributed by atoms with Crippen LogP contribution in [0.3, 0.4) is 0 Å². The first kappa shape index (κ1) is 13.9. The van der Waals surface area contributed by atoms with Crippen LogP contribution in [-0.2, 0) is 5.41 Å². The number of halogens is 1. The van der Waals surface area contributed by atoms with Gasteiger partial charge < -0.3 is 10.0 Å². The predicted octanol–water partition coefficient (Wildman–Crippen LogP) is 2.41. The fourth-order valence-corrected chi connectivity index (χ4v) is 3.11. The maximum absolute atomic E-state index is 11.6. The number of rotatable bonds is 1. The van der Waals surface area contributed by atoms with Crippen LogP contribution in [0.25, 0.3) is 6.08 Å². The molecule has 0 bridgehead atoms. The number of hydrogen-bond donors (Lipinski definition) is 1. The first-order chi connectivity index (χ1) is 9.75. The number of allylic oxidation sites excluding steroid dienone is 1. The average molecular weight is 304 g/mol. The van der Waals surface area contributed by atoms with Crippen molar-refractivity contribution in [3.63, 3.8) is 0 Å². The molecule has 1 N–H and O–H groups in total. The molecule has 0 aromatic heterocycles. The monoisotopic (exact) mass is 303 g/mol. The summed E-state index contributed by atoms with van der Waals surface area (Å²) >= 11 is 6.07. The van der Waals surface area contributed by atoms with Gasteiger partial charge in [0.25, 0.3) is 5.43 Å². The third kappa shape index (κ3) is 1.75. The van der Waals surface area contributed by atoms with E-state index in [1.807, 2.05) is 44.0 Å². The molecule has 0 saturated carbocycles. The number of likely N-dealkylation sites (N-methyl/N-ethyl adjacent to an activating group) is 1. The highest BCUT2D eigenvalue weighted by atomic mass is 35.5. The van der Waals surface area contributed by atoms with E-state index in [1.165, 1.54) is 0 Å². The van der Waals surface area contributed by atoms with E-state index in [9.17, 15) is 14.7 Å². The second kappa shape index (κ2) is 4.21. The zero-order valence-electron chi connectivity index (χ0n) is 11.9. The van der Waals surface area contributed by atoms with Gasteiger partial charge >= 0.3 is 0 Å². The maximum atomic E-state index is 11.6. The zero-order valence-corrected chi connectivity index (χ0v) is 12.7. The topological polar surface area (TPSA) is 57.6 Å². The molecule has 0 unspecified atom stereocenters. The minimum atomic E-state index is -0.819. The molecule has 1 aliphatic rings. The van der Waals surface area contributed by atoms with E-state index in [-0.39, 0.29) is 11.0 Å². The van der Waals surface area contributed by atoms with Crippen molar-refractivity contribution >= 4 is 23.4 Å². The van der Waals surface area contributed by atoms with Gasteiger partial charge in [0.15, 0.2) is 5.75 Å². The van der Waals surface area contributed by atoms with E-state index in [1.54, 1.807) is 6.08 Å². The Morgan fingerprint density at radius 3 is 2.52 bits per heavy atom. The van der Waals surface area contributed by atoms with Gasteiger partial charge in [-0.3, -0.25) is 9.59 Å². The Balaban J connectivity index is 2.19. The molecule has 0 spiro atoms. The van der Waals surface area contributed by atoms with Crippen molar-refractivity contribution < 1.29 is 5.11 Å². The van der Waals surface area contributed by atoms with Gasteiger partial charge in [0.05, 0.1) is 5.56 Å². The van der Waals surface area contributed by atoms with Gasteiger partial charge in [0, 0.05) is 28.9 Å². The smallest absolute Gasteiger partial charge is 0.268 e. The average Bonchev–Trinajstić information content (AvgIpc) is 2.63. The molecule has 108 valence electrons. The Bertz CT molecular complexity index is 857. The number of hydrogen-bond acceptors (Lipinski definition) is 4. The van der Waals surface area contributed by atoms with Crippen molar-refractivity contribution in [2.45, 2.75) is 19.3 Å². The van der Waals surface area contributed by atoms with Gasteiger partial charge in [-0.1, -0.05) is 25.4 Å². The Kier molecular flexibility index (Phi) is 2.79. The summed E-state index contributed by atoms with van der Waals surface area (Å²) in [6.07, 6.45) is 1.59. The third-order valence-electron chi connectivity index (χ3n) is 4.20. The van der Waals surface area contributed by atoms with Gasteiger partial charge in [-0.05, 0) is 29.8 Å². The highest BCUT2D eigenvalue weighted by Gasteiger charge is 2.39. The molecule has 3 rings (SSSR count). The van der Waals surface area contributed by atoms with E-state index >= 15 is 0 Å². The molecule has 1 heterocycles. The third-order valence-corrected chi connectivity index (χ3v) is 4.43. The van der Waals surface area contributed by atoms with E-state index in [4.69, 9.17) is 11.6 Å². The lowest BCUT2D eigenvalue weighted by molar-refractivity contribution is 0.461. The van der Waals surface area contributed by atoms with Crippen molar-refractivity contribution in [3.8, 4) is 5.75 Å². The fraction of sp³-hybridized carbons (Fsp3) is 0.250. The molecule has 1 aliphatic heterocycles. The van der Waals surface area contributed by atoms with Gasteiger partial charge in [0.1, 0.15) is 0 Å². The standard InChI is InChI=1S/C16H14ClNO3/c1-16(2)10-6-8(17)4-5-11(10)18(3)12(16)7-9-13(19)15(21)14(9)20/h4-7,19H,1-3H3/b12-7-. The summed E-state index contributed by atoms with van der Waals surface area (Å²) in [5, 5.41) is 10.2. The van der Waals surface area contributed by atoms with Crippen molar-refractivity contribution in [3.05, 3.63) is 60.5 Å². The van der Waals surface area contributed by atoms with Gasteiger partial charge in [-0.2, -0.15) is 0 Å². The Morgan fingerprint density at radius 1 is 1.24 bits per heavy atom. The van der Waals surface area contributed by atoms with E-state index in [2.05, 4.69) is 0 Å². The maximum Gasteiger partial charge on any atom is 0.268 e. The van der Waals surface area contributed by atoms with Crippen molar-refractivity contribution in [2.75, 3.05) is 11.9 Å². The number of nitrogens with zero attached hydrogens (tertiary/aromatic N) is 1. The zero-order chi connectivity index (χ0) is 15.5. The molecular weight excluding hydrogens is 290 g/mol. The molecule has 0 saturated heterocycles. The van der Waals surface area contributed by atoms with Crippen molar-refractivity contribution in [2.24, 2.45) is 0 Å². The summed E-state index contributed by atoms with van der Waals surface area (Å²) in [6, 6.07) is 5.63. The van der Waals surface area contributed by atoms with Crippen molar-refractivity contribution in [1.82, 2.24) is 0 Å². The Morgan fingerprint density at radius 2 is 1.90 bits per heavy atom. The highest BCUT2D eigenvalue weighted by Crippen LogP contribution is 2.48. The molecule has 4 nitrogen and oxygen atoms in total. The second-order valence-corrected chi connectivity index (χ2v) is 6.23. The SMILES string of the molecule is CN1/C(=C\c2c(O)c(=O)c2=O)C(C)(C)c2cc(Cl)ccc21. The molecular formula is C16H14ClNO3. The first-order valence-corrected chi connectivity index (χ1v) is 6.91. The van der Waals surface area contributed by atoms with Gasteiger partial charge in [-0.15, -0.1) is 0 Å². The van der Waals surface area contributed by atoms with Crippen LogP contribution in [0.2, 0.25) is 5.02 Å². The van der Waals surface area contributed by atoms with Crippen LogP contribution in [0.15, 0.2) is 33.5 Å². The van der Waals surface area contributed by atoms with Crippen LogP contribution in [0.4, 0.5) is 5.69 Å². The lowest BCUT2D eigenvalue weighted by Crippen LogP contribution is -2.33. The molecule has 0 atom stereocenters. The minimum Gasteiger partial charge on any atom is -0.504 e. The fourth-order valence-electron chi connectivity index (χ4n) is 2.93. The number of aromatic hydroxyl groups is 1. The van der Waals surface area contributed by atoms with Crippen LogP contribution in [0.1, 0.15) is 25.0 Å². The van der Waals surface area contributed by atoms with Crippen LogP contribution in [-0.4, -0.2) is 12.2 Å². The molecule has 0 fully saturated rings. The lowest BCUT2D eigenvalue weighted by Gasteiger charge is -2.24. The van der Waals surface area contributed by atoms with Crippen molar-refractivity contribution in [1.29, 1.82) is 0 Å². The molecule has 21 heavy (non-hydrogen) atoms. The van der Waals surface area contributed by atoms with Crippen LogP contribution in [0, 0.1) is 0 Å². The van der Waals surface area contributed by atoms with Crippen LogP contribution in [0.5, 0.6) is 5.75 Å². The Hall–Kier alpha value is -2.07. The van der Waals surface area contributed by atoms with Gasteiger partial charge in [0.2, 0.25) is 5.43 Å². The largest absolute Gasteiger partial charge is 0.504 e.